The molecule has 3 aromatic rings. The summed E-state index contributed by atoms with van der Waals surface area (Å²) in [5, 5.41) is 0.213. The molecule has 6 heteroatoms. The number of rotatable bonds is 4. The van der Waals surface area contributed by atoms with E-state index >= 15 is 0 Å². The number of hydrogen-bond donors (Lipinski definition) is 0. The zero-order valence-electron chi connectivity index (χ0n) is 12.0. The van der Waals surface area contributed by atoms with Gasteiger partial charge in [-0.05, 0) is 36.2 Å². The number of fused-ring (bicyclic) bond motifs is 1. The van der Waals surface area contributed by atoms with E-state index < -0.39 is 10.0 Å². The average molecular weight is 335 g/mol. The molecule has 2 heterocycles. The Kier molecular flexibility index (Phi) is 3.93. The van der Waals surface area contributed by atoms with Gasteiger partial charge in [-0.25, -0.2) is 12.4 Å². The van der Waals surface area contributed by atoms with Crippen LogP contribution in [-0.4, -0.2) is 17.4 Å². The van der Waals surface area contributed by atoms with Crippen LogP contribution < -0.4 is 0 Å². The van der Waals surface area contributed by atoms with Crippen molar-refractivity contribution in [3.05, 3.63) is 59.4 Å². The molecule has 0 unspecified atom stereocenters. The first-order valence-corrected chi connectivity index (χ1v) is 8.82. The van der Waals surface area contributed by atoms with Gasteiger partial charge in [-0.1, -0.05) is 37.1 Å². The fraction of sp³-hybridized carbons (Fsp3) is 0.188. The fourth-order valence-electron chi connectivity index (χ4n) is 2.51. The number of aromatic nitrogens is 2. The third kappa shape index (κ3) is 2.40. The van der Waals surface area contributed by atoms with E-state index in [-0.39, 0.29) is 9.92 Å². The van der Waals surface area contributed by atoms with Gasteiger partial charge in [0.05, 0.1) is 16.1 Å². The predicted molar refractivity (Wildman–Crippen MR) is 87.8 cm³/mol. The first-order chi connectivity index (χ1) is 10.6. The van der Waals surface area contributed by atoms with E-state index in [2.05, 4.69) is 11.9 Å². The number of pyridine rings is 1. The summed E-state index contributed by atoms with van der Waals surface area (Å²) in [4.78, 5) is 4.43. The quantitative estimate of drug-likeness (QED) is 0.727. The molecule has 0 saturated carbocycles. The molecule has 0 bridgehead atoms. The molecule has 3 rings (SSSR count). The summed E-state index contributed by atoms with van der Waals surface area (Å²) in [5.41, 5.74) is 2.22. The first-order valence-electron chi connectivity index (χ1n) is 7.00. The summed E-state index contributed by atoms with van der Waals surface area (Å²) >= 11 is 6.07. The van der Waals surface area contributed by atoms with Crippen molar-refractivity contribution >= 4 is 32.7 Å². The topological polar surface area (TPSA) is 52.0 Å². The van der Waals surface area contributed by atoms with Crippen LogP contribution in [0.2, 0.25) is 5.02 Å². The average Bonchev–Trinajstić information content (AvgIpc) is 2.88. The second-order valence-corrected chi connectivity index (χ2v) is 7.20. The molecule has 22 heavy (non-hydrogen) atoms. The number of nitrogens with zero attached hydrogens (tertiary/aromatic N) is 2. The van der Waals surface area contributed by atoms with Crippen LogP contribution in [0.25, 0.3) is 11.0 Å². The minimum Gasteiger partial charge on any atom is -0.254 e. The van der Waals surface area contributed by atoms with E-state index in [1.54, 1.807) is 42.7 Å². The van der Waals surface area contributed by atoms with Gasteiger partial charge >= 0.3 is 0 Å². The van der Waals surface area contributed by atoms with Crippen LogP contribution in [0.15, 0.2) is 53.7 Å². The van der Waals surface area contributed by atoms with Crippen LogP contribution in [0.1, 0.15) is 18.9 Å². The molecule has 0 radical (unpaired) electrons. The molecular weight excluding hydrogens is 320 g/mol. The van der Waals surface area contributed by atoms with Crippen molar-refractivity contribution in [2.75, 3.05) is 0 Å². The largest absolute Gasteiger partial charge is 0.269 e. The van der Waals surface area contributed by atoms with E-state index in [1.807, 2.05) is 0 Å². The van der Waals surface area contributed by atoms with Crippen molar-refractivity contribution in [3.63, 3.8) is 0 Å². The Morgan fingerprint density at radius 1 is 1.18 bits per heavy atom. The van der Waals surface area contributed by atoms with Crippen LogP contribution in [0.3, 0.4) is 0 Å². The van der Waals surface area contributed by atoms with Crippen LogP contribution >= 0.6 is 11.6 Å². The molecule has 0 spiro atoms. The summed E-state index contributed by atoms with van der Waals surface area (Å²) < 4.78 is 27.2. The Hall–Kier alpha value is -1.85. The molecule has 4 nitrogen and oxygen atoms in total. The maximum atomic E-state index is 12.9. The molecule has 0 atom stereocenters. The lowest BCUT2D eigenvalue weighted by Gasteiger charge is -2.08. The van der Waals surface area contributed by atoms with Gasteiger partial charge in [-0.15, -0.1) is 0 Å². The Labute approximate surface area is 134 Å². The smallest absolute Gasteiger partial charge is 0.254 e. The molecular formula is C16H15ClN2O2S. The molecule has 2 aromatic heterocycles. The number of hydrogen-bond acceptors (Lipinski definition) is 3. The Morgan fingerprint density at radius 3 is 2.68 bits per heavy atom. The molecule has 1 aromatic carbocycles. The molecule has 0 aliphatic carbocycles. The Bertz CT molecular complexity index is 932. The van der Waals surface area contributed by atoms with E-state index in [0.717, 1.165) is 23.9 Å². The predicted octanol–water partition coefficient (Wildman–Crippen LogP) is 3.88. The zero-order chi connectivity index (χ0) is 15.7. The molecule has 0 aliphatic heterocycles. The van der Waals surface area contributed by atoms with E-state index in [9.17, 15) is 8.42 Å². The summed E-state index contributed by atoms with van der Waals surface area (Å²) in [6.45, 7) is 2.05. The van der Waals surface area contributed by atoms with Gasteiger partial charge in [-0.3, -0.25) is 4.98 Å². The molecule has 0 amide bonds. The minimum absolute atomic E-state index is 0.0977. The molecule has 0 saturated heterocycles. The highest BCUT2D eigenvalue weighted by Crippen LogP contribution is 2.28. The molecule has 0 fully saturated rings. The molecule has 0 aliphatic rings. The zero-order valence-corrected chi connectivity index (χ0v) is 13.6. The Balaban J connectivity index is 2.28. The van der Waals surface area contributed by atoms with Gasteiger partial charge in [-0.2, -0.15) is 0 Å². The fourth-order valence-corrected chi connectivity index (χ4v) is 4.38. The maximum Gasteiger partial charge on any atom is 0.269 e. The van der Waals surface area contributed by atoms with Crippen molar-refractivity contribution in [3.8, 4) is 0 Å². The van der Waals surface area contributed by atoms with Gasteiger partial charge in [0.1, 0.15) is 4.90 Å². The van der Waals surface area contributed by atoms with Crippen LogP contribution in [0.5, 0.6) is 0 Å². The van der Waals surface area contributed by atoms with E-state index in [0.29, 0.717) is 5.52 Å². The van der Waals surface area contributed by atoms with Gasteiger partial charge in [0.15, 0.2) is 0 Å². The van der Waals surface area contributed by atoms with Crippen molar-refractivity contribution in [2.45, 2.75) is 24.7 Å². The highest BCUT2D eigenvalue weighted by molar-refractivity contribution is 7.90. The van der Waals surface area contributed by atoms with Gasteiger partial charge in [0.2, 0.25) is 0 Å². The SMILES string of the molecule is CCCc1cn(S(=O)(=O)c2ccccc2Cl)c2cccnc12. The van der Waals surface area contributed by atoms with Gasteiger partial charge in [0.25, 0.3) is 10.0 Å². The molecule has 0 N–H and O–H groups in total. The lowest BCUT2D eigenvalue weighted by molar-refractivity contribution is 0.589. The van der Waals surface area contributed by atoms with Crippen molar-refractivity contribution in [1.29, 1.82) is 0 Å². The first kappa shape index (κ1) is 15.1. The second-order valence-electron chi connectivity index (χ2n) is 5.01. The minimum atomic E-state index is -3.75. The van der Waals surface area contributed by atoms with E-state index in [4.69, 9.17) is 11.6 Å². The van der Waals surface area contributed by atoms with Crippen LogP contribution in [0, 0.1) is 0 Å². The highest BCUT2D eigenvalue weighted by atomic mass is 35.5. The number of aryl methyl sites for hydroxylation is 1. The Morgan fingerprint density at radius 2 is 1.95 bits per heavy atom. The van der Waals surface area contributed by atoms with Gasteiger partial charge < -0.3 is 0 Å². The summed E-state index contributed by atoms with van der Waals surface area (Å²) in [6, 6.07) is 9.95. The summed E-state index contributed by atoms with van der Waals surface area (Å²) in [5.74, 6) is 0. The summed E-state index contributed by atoms with van der Waals surface area (Å²) in [6.07, 6.45) is 5.02. The lowest BCUT2D eigenvalue weighted by atomic mass is 10.2. The second kappa shape index (κ2) is 5.74. The number of benzene rings is 1. The lowest BCUT2D eigenvalue weighted by Crippen LogP contribution is -2.12. The van der Waals surface area contributed by atoms with Crippen molar-refractivity contribution in [2.24, 2.45) is 0 Å². The van der Waals surface area contributed by atoms with Crippen LogP contribution in [0.4, 0.5) is 0 Å². The van der Waals surface area contributed by atoms with Crippen LogP contribution in [-0.2, 0) is 16.4 Å². The number of halogens is 1. The maximum absolute atomic E-state index is 12.9. The van der Waals surface area contributed by atoms with Crippen molar-refractivity contribution < 1.29 is 8.42 Å². The monoisotopic (exact) mass is 334 g/mol. The standard InChI is InChI=1S/C16H15ClN2O2S/c1-2-6-12-11-19(14-8-5-10-18-16(12)14)22(20,21)15-9-4-3-7-13(15)17/h3-5,7-11H,2,6H2,1H3. The third-order valence-corrected chi connectivity index (χ3v) is 5.67. The highest BCUT2D eigenvalue weighted by Gasteiger charge is 2.23. The normalized spacial score (nSPS) is 11.9. The van der Waals surface area contributed by atoms with Gasteiger partial charge in [0, 0.05) is 12.4 Å². The molecule has 114 valence electrons. The summed E-state index contributed by atoms with van der Waals surface area (Å²) in [7, 11) is -3.75. The van der Waals surface area contributed by atoms with Crippen molar-refractivity contribution in [1.82, 2.24) is 8.96 Å². The third-order valence-electron chi connectivity index (χ3n) is 3.49. The van der Waals surface area contributed by atoms with E-state index in [1.165, 1.54) is 10.0 Å².